The summed E-state index contributed by atoms with van der Waals surface area (Å²) < 4.78 is 10.6. The molecule has 4 nitrogen and oxygen atoms in total. The van der Waals surface area contributed by atoms with E-state index in [2.05, 4.69) is 0 Å². The van der Waals surface area contributed by atoms with Gasteiger partial charge in [-0.1, -0.05) is 24.6 Å². The molecule has 100 valence electrons. The largest absolute Gasteiger partial charge is 0.496 e. The van der Waals surface area contributed by atoms with Gasteiger partial charge in [-0.25, -0.2) is 4.79 Å². The van der Waals surface area contributed by atoms with E-state index in [-0.39, 0.29) is 0 Å². The molecule has 4 heteroatoms. The minimum Gasteiger partial charge on any atom is -0.496 e. The number of benzene rings is 1. The van der Waals surface area contributed by atoms with Crippen LogP contribution in [0.2, 0.25) is 0 Å². The number of aryl methyl sites for hydroxylation is 1. The minimum absolute atomic E-state index is 0.320. The smallest absolute Gasteiger partial charge is 0.333 e. The van der Waals surface area contributed by atoms with Gasteiger partial charge in [0.15, 0.2) is 6.10 Å². The Bertz CT molecular complexity index is 401. The van der Waals surface area contributed by atoms with Crippen LogP contribution in [-0.4, -0.2) is 30.9 Å². The summed E-state index contributed by atoms with van der Waals surface area (Å²) in [6.45, 7) is 4.36. The number of hydrogen-bond acceptors (Lipinski definition) is 3. The highest BCUT2D eigenvalue weighted by Crippen LogP contribution is 2.22. The van der Waals surface area contributed by atoms with Crippen LogP contribution in [0.25, 0.3) is 0 Å². The van der Waals surface area contributed by atoms with Gasteiger partial charge in [0.05, 0.1) is 7.11 Å². The Labute approximate surface area is 108 Å². The molecule has 0 bridgehead atoms. The molecule has 0 spiro atoms. The summed E-state index contributed by atoms with van der Waals surface area (Å²) in [6.07, 6.45) is 0.301. The molecule has 0 aliphatic heterocycles. The number of rotatable bonds is 7. The fourth-order valence-electron chi connectivity index (χ4n) is 1.74. The highest BCUT2D eigenvalue weighted by molar-refractivity contribution is 5.73. The van der Waals surface area contributed by atoms with Crippen LogP contribution in [0.4, 0.5) is 0 Å². The number of aliphatic carboxylic acids is 1. The Morgan fingerprint density at radius 2 is 2.17 bits per heavy atom. The summed E-state index contributed by atoms with van der Waals surface area (Å²) in [5.74, 6) is -0.237. The van der Waals surface area contributed by atoms with Gasteiger partial charge >= 0.3 is 5.97 Å². The zero-order valence-electron chi connectivity index (χ0n) is 11.1. The maximum Gasteiger partial charge on any atom is 0.333 e. The van der Waals surface area contributed by atoms with Crippen molar-refractivity contribution in [1.29, 1.82) is 0 Å². The van der Waals surface area contributed by atoms with E-state index in [1.807, 2.05) is 32.0 Å². The number of ether oxygens (including phenoxy) is 2. The second-order valence-corrected chi connectivity index (χ2v) is 4.22. The molecule has 0 radical (unpaired) electrons. The van der Waals surface area contributed by atoms with Crippen LogP contribution in [0.3, 0.4) is 0 Å². The van der Waals surface area contributed by atoms with Gasteiger partial charge in [-0.15, -0.1) is 0 Å². The molecule has 1 aromatic carbocycles. The van der Waals surface area contributed by atoms with Gasteiger partial charge in [0, 0.05) is 13.0 Å². The third-order valence-corrected chi connectivity index (χ3v) is 2.64. The predicted octanol–water partition coefficient (Wildman–Crippen LogP) is 2.43. The van der Waals surface area contributed by atoms with Gasteiger partial charge in [0.25, 0.3) is 0 Å². The molecule has 0 saturated heterocycles. The number of methoxy groups -OCH3 is 1. The lowest BCUT2D eigenvalue weighted by atomic mass is 10.0. The molecule has 0 aromatic heterocycles. The fraction of sp³-hybridized carbons (Fsp3) is 0.500. The quantitative estimate of drug-likeness (QED) is 0.809. The predicted molar refractivity (Wildman–Crippen MR) is 69.1 cm³/mol. The Balaban J connectivity index is 2.85. The Hall–Kier alpha value is -1.55. The van der Waals surface area contributed by atoms with Crippen LogP contribution in [0.5, 0.6) is 5.75 Å². The van der Waals surface area contributed by atoms with Gasteiger partial charge in [0.2, 0.25) is 0 Å². The minimum atomic E-state index is -0.938. The van der Waals surface area contributed by atoms with E-state index in [4.69, 9.17) is 14.6 Å². The van der Waals surface area contributed by atoms with Crippen LogP contribution in [0.1, 0.15) is 24.5 Å². The van der Waals surface area contributed by atoms with Crippen LogP contribution < -0.4 is 4.74 Å². The molecule has 1 N–H and O–H groups in total. The topological polar surface area (TPSA) is 55.8 Å². The number of carboxylic acids is 1. The first kappa shape index (κ1) is 14.5. The van der Waals surface area contributed by atoms with Crippen molar-refractivity contribution in [3.8, 4) is 5.75 Å². The third-order valence-electron chi connectivity index (χ3n) is 2.64. The van der Waals surface area contributed by atoms with Crippen molar-refractivity contribution in [2.24, 2.45) is 0 Å². The van der Waals surface area contributed by atoms with E-state index in [1.165, 1.54) is 0 Å². The summed E-state index contributed by atoms with van der Waals surface area (Å²) in [4.78, 5) is 11.1. The first-order valence-electron chi connectivity index (χ1n) is 6.06. The first-order valence-corrected chi connectivity index (χ1v) is 6.06. The molecule has 1 unspecified atom stereocenters. The van der Waals surface area contributed by atoms with E-state index >= 15 is 0 Å². The average Bonchev–Trinajstić information content (AvgIpc) is 2.34. The molecule has 1 atom stereocenters. The van der Waals surface area contributed by atoms with Crippen molar-refractivity contribution in [2.75, 3.05) is 13.7 Å². The van der Waals surface area contributed by atoms with Gasteiger partial charge in [0.1, 0.15) is 5.75 Å². The molecular weight excluding hydrogens is 232 g/mol. The average molecular weight is 252 g/mol. The van der Waals surface area contributed by atoms with Gasteiger partial charge in [-0.2, -0.15) is 0 Å². The summed E-state index contributed by atoms with van der Waals surface area (Å²) >= 11 is 0. The number of carbonyl (C=O) groups is 1. The standard InChI is InChI=1S/C14H20O4/c1-4-7-18-13(14(15)16)9-11-8-10(2)5-6-12(11)17-3/h5-6,8,13H,4,7,9H2,1-3H3,(H,15,16). The molecule has 1 aromatic rings. The maximum absolute atomic E-state index is 11.1. The highest BCUT2D eigenvalue weighted by atomic mass is 16.5. The zero-order valence-corrected chi connectivity index (χ0v) is 11.1. The molecule has 0 aliphatic rings. The second-order valence-electron chi connectivity index (χ2n) is 4.22. The van der Waals surface area contributed by atoms with Gasteiger partial charge in [-0.05, 0) is 25.0 Å². The van der Waals surface area contributed by atoms with Gasteiger partial charge in [-0.3, -0.25) is 0 Å². The van der Waals surface area contributed by atoms with Crippen molar-refractivity contribution < 1.29 is 19.4 Å². The van der Waals surface area contributed by atoms with Crippen molar-refractivity contribution in [1.82, 2.24) is 0 Å². The summed E-state index contributed by atoms with van der Waals surface area (Å²) in [5, 5.41) is 9.13. The number of hydrogen-bond donors (Lipinski definition) is 1. The lowest BCUT2D eigenvalue weighted by Gasteiger charge is -2.15. The van der Waals surface area contributed by atoms with E-state index < -0.39 is 12.1 Å². The molecule has 0 fully saturated rings. The van der Waals surface area contributed by atoms with E-state index in [0.29, 0.717) is 18.8 Å². The Morgan fingerprint density at radius 1 is 1.44 bits per heavy atom. The van der Waals surface area contributed by atoms with Crippen LogP contribution >= 0.6 is 0 Å². The normalized spacial score (nSPS) is 12.2. The second kappa shape index (κ2) is 7.01. The molecule has 0 aliphatic carbocycles. The van der Waals surface area contributed by atoms with Crippen LogP contribution in [-0.2, 0) is 16.0 Å². The lowest BCUT2D eigenvalue weighted by molar-refractivity contribution is -0.150. The van der Waals surface area contributed by atoms with Crippen molar-refractivity contribution >= 4 is 5.97 Å². The van der Waals surface area contributed by atoms with Crippen molar-refractivity contribution in [3.05, 3.63) is 29.3 Å². The first-order chi connectivity index (χ1) is 8.58. The van der Waals surface area contributed by atoms with Crippen molar-refractivity contribution in [2.45, 2.75) is 32.8 Å². The molecule has 0 amide bonds. The van der Waals surface area contributed by atoms with Crippen molar-refractivity contribution in [3.63, 3.8) is 0 Å². The van der Waals surface area contributed by atoms with Crippen LogP contribution in [0, 0.1) is 6.92 Å². The van der Waals surface area contributed by atoms with Crippen LogP contribution in [0.15, 0.2) is 18.2 Å². The lowest BCUT2D eigenvalue weighted by Crippen LogP contribution is -2.27. The Kier molecular flexibility index (Phi) is 5.65. The molecule has 18 heavy (non-hydrogen) atoms. The third kappa shape index (κ3) is 4.04. The Morgan fingerprint density at radius 3 is 2.72 bits per heavy atom. The summed E-state index contributed by atoms with van der Waals surface area (Å²) in [5.41, 5.74) is 1.94. The fourth-order valence-corrected chi connectivity index (χ4v) is 1.74. The maximum atomic E-state index is 11.1. The molecule has 0 saturated carbocycles. The van der Waals surface area contributed by atoms with E-state index in [9.17, 15) is 4.79 Å². The molecule has 0 heterocycles. The number of carboxylic acid groups (broad SMARTS) is 1. The van der Waals surface area contributed by atoms with E-state index in [1.54, 1.807) is 7.11 Å². The van der Waals surface area contributed by atoms with Gasteiger partial charge < -0.3 is 14.6 Å². The highest BCUT2D eigenvalue weighted by Gasteiger charge is 2.20. The summed E-state index contributed by atoms with van der Waals surface area (Å²) in [7, 11) is 1.58. The monoisotopic (exact) mass is 252 g/mol. The zero-order chi connectivity index (χ0) is 13.5. The van der Waals surface area contributed by atoms with E-state index in [0.717, 1.165) is 17.5 Å². The SMILES string of the molecule is CCCOC(Cc1cc(C)ccc1OC)C(=O)O. The molecular formula is C14H20O4. The molecule has 1 rings (SSSR count). The summed E-state index contributed by atoms with van der Waals surface area (Å²) in [6, 6.07) is 5.72.